The van der Waals surface area contributed by atoms with E-state index < -0.39 is 0 Å². The Hall–Kier alpha value is -0.650. The van der Waals surface area contributed by atoms with Crippen LogP contribution in [0.25, 0.3) is 4.96 Å². The standard InChI is InChI=1S/C9H11ClFN3S/c10-8-7(6-12-3-1-2-11)14-4-5-15-9(14)13-8/h4-5,12H,1-3,6H2. The van der Waals surface area contributed by atoms with Gasteiger partial charge in [0.15, 0.2) is 10.1 Å². The SMILES string of the molecule is FCCCNCc1c(Cl)nc2sccn12. The predicted octanol–water partition coefficient (Wildman–Crippen LogP) is 2.50. The second kappa shape index (κ2) is 4.92. The molecular weight excluding hydrogens is 237 g/mol. The Morgan fingerprint density at radius 3 is 3.27 bits per heavy atom. The number of imidazole rings is 1. The minimum Gasteiger partial charge on any atom is -0.311 e. The highest BCUT2D eigenvalue weighted by atomic mass is 35.5. The quantitative estimate of drug-likeness (QED) is 0.823. The summed E-state index contributed by atoms with van der Waals surface area (Å²) >= 11 is 7.53. The maximum atomic E-state index is 11.9. The lowest BCUT2D eigenvalue weighted by atomic mass is 10.4. The summed E-state index contributed by atoms with van der Waals surface area (Å²) in [5.74, 6) is 0. The zero-order chi connectivity index (χ0) is 10.7. The Balaban J connectivity index is 2.05. The van der Waals surface area contributed by atoms with Crippen molar-refractivity contribution in [3.63, 3.8) is 0 Å². The van der Waals surface area contributed by atoms with Gasteiger partial charge >= 0.3 is 0 Å². The fraction of sp³-hybridized carbons (Fsp3) is 0.444. The van der Waals surface area contributed by atoms with Gasteiger partial charge in [-0.25, -0.2) is 4.98 Å². The van der Waals surface area contributed by atoms with Crippen LogP contribution in [0.3, 0.4) is 0 Å². The van der Waals surface area contributed by atoms with E-state index in [2.05, 4.69) is 10.3 Å². The number of halogens is 2. The number of hydrogen-bond acceptors (Lipinski definition) is 3. The molecule has 0 aromatic carbocycles. The van der Waals surface area contributed by atoms with Crippen LogP contribution in [0, 0.1) is 0 Å². The molecule has 2 heterocycles. The first-order chi connectivity index (χ1) is 7.33. The molecule has 2 aromatic heterocycles. The van der Waals surface area contributed by atoms with Crippen LogP contribution in [-0.4, -0.2) is 22.6 Å². The van der Waals surface area contributed by atoms with Gasteiger partial charge in [0.1, 0.15) is 0 Å². The molecular formula is C9H11ClFN3S. The van der Waals surface area contributed by atoms with Crippen LogP contribution in [0.4, 0.5) is 4.39 Å². The molecule has 0 bridgehead atoms. The van der Waals surface area contributed by atoms with E-state index >= 15 is 0 Å². The fourth-order valence-corrected chi connectivity index (χ4v) is 2.38. The van der Waals surface area contributed by atoms with Gasteiger partial charge in [-0.15, -0.1) is 11.3 Å². The fourth-order valence-electron chi connectivity index (χ4n) is 1.36. The van der Waals surface area contributed by atoms with Gasteiger partial charge in [-0.2, -0.15) is 0 Å². The van der Waals surface area contributed by atoms with Gasteiger partial charge in [-0.05, 0) is 13.0 Å². The number of aromatic nitrogens is 2. The van der Waals surface area contributed by atoms with Crippen LogP contribution in [0.5, 0.6) is 0 Å². The molecule has 3 nitrogen and oxygen atoms in total. The third-order valence-corrected chi connectivity index (χ3v) is 3.15. The maximum absolute atomic E-state index is 11.9. The van der Waals surface area contributed by atoms with E-state index in [4.69, 9.17) is 11.6 Å². The van der Waals surface area contributed by atoms with Crippen molar-refractivity contribution in [2.75, 3.05) is 13.2 Å². The second-order valence-electron chi connectivity index (χ2n) is 3.12. The first kappa shape index (κ1) is 10.9. The number of fused-ring (bicyclic) bond motifs is 1. The van der Waals surface area contributed by atoms with E-state index in [1.165, 1.54) is 0 Å². The van der Waals surface area contributed by atoms with E-state index in [9.17, 15) is 4.39 Å². The summed E-state index contributed by atoms with van der Waals surface area (Å²) in [5, 5.41) is 5.62. The molecule has 0 aliphatic heterocycles. The van der Waals surface area contributed by atoms with E-state index in [-0.39, 0.29) is 6.67 Å². The summed E-state index contributed by atoms with van der Waals surface area (Å²) in [6.45, 7) is 0.988. The van der Waals surface area contributed by atoms with Crippen molar-refractivity contribution in [2.24, 2.45) is 0 Å². The van der Waals surface area contributed by atoms with Crippen molar-refractivity contribution in [3.8, 4) is 0 Å². The molecule has 2 aromatic rings. The number of thiazole rings is 1. The summed E-state index contributed by atoms with van der Waals surface area (Å²) in [6, 6.07) is 0. The van der Waals surface area contributed by atoms with Gasteiger partial charge in [-0.1, -0.05) is 11.6 Å². The summed E-state index contributed by atoms with van der Waals surface area (Å²) in [6.07, 6.45) is 2.47. The molecule has 0 saturated heterocycles. The molecule has 2 rings (SSSR count). The second-order valence-corrected chi connectivity index (χ2v) is 4.36. The van der Waals surface area contributed by atoms with Crippen molar-refractivity contribution in [3.05, 3.63) is 22.4 Å². The maximum Gasteiger partial charge on any atom is 0.195 e. The Morgan fingerprint density at radius 2 is 2.47 bits per heavy atom. The Labute approximate surface area is 95.9 Å². The molecule has 0 unspecified atom stereocenters. The number of alkyl halides is 1. The van der Waals surface area contributed by atoms with E-state index in [1.54, 1.807) is 11.3 Å². The lowest BCUT2D eigenvalue weighted by Crippen LogP contribution is -2.16. The molecule has 0 saturated carbocycles. The molecule has 0 fully saturated rings. The number of nitrogens with zero attached hydrogens (tertiary/aromatic N) is 2. The van der Waals surface area contributed by atoms with E-state index in [1.807, 2.05) is 16.0 Å². The Kier molecular flexibility index (Phi) is 3.56. The molecule has 0 spiro atoms. The molecule has 0 amide bonds. The van der Waals surface area contributed by atoms with Crippen LogP contribution in [0.15, 0.2) is 11.6 Å². The van der Waals surface area contributed by atoms with E-state index in [0.717, 1.165) is 10.7 Å². The van der Waals surface area contributed by atoms with E-state index in [0.29, 0.717) is 24.7 Å². The molecule has 82 valence electrons. The first-order valence-electron chi connectivity index (χ1n) is 4.69. The third-order valence-electron chi connectivity index (χ3n) is 2.09. The minimum atomic E-state index is -0.291. The number of nitrogens with one attached hydrogen (secondary N) is 1. The molecule has 0 atom stereocenters. The van der Waals surface area contributed by atoms with Gasteiger partial charge < -0.3 is 5.32 Å². The van der Waals surface area contributed by atoms with Crippen molar-refractivity contribution in [1.29, 1.82) is 0 Å². The van der Waals surface area contributed by atoms with Gasteiger partial charge in [0.2, 0.25) is 0 Å². The van der Waals surface area contributed by atoms with Crippen LogP contribution < -0.4 is 5.32 Å². The third kappa shape index (κ3) is 2.30. The summed E-state index contributed by atoms with van der Waals surface area (Å²) in [4.78, 5) is 5.10. The Bertz CT molecular complexity index is 439. The summed E-state index contributed by atoms with van der Waals surface area (Å²) < 4.78 is 13.8. The van der Waals surface area contributed by atoms with Crippen LogP contribution in [-0.2, 0) is 6.54 Å². The molecule has 15 heavy (non-hydrogen) atoms. The van der Waals surface area contributed by atoms with Crippen molar-refractivity contribution < 1.29 is 4.39 Å². The zero-order valence-corrected chi connectivity index (χ0v) is 9.61. The molecule has 0 radical (unpaired) electrons. The molecule has 0 aliphatic carbocycles. The highest BCUT2D eigenvalue weighted by molar-refractivity contribution is 7.15. The average molecular weight is 248 g/mol. The van der Waals surface area contributed by atoms with Crippen LogP contribution in [0.1, 0.15) is 12.1 Å². The van der Waals surface area contributed by atoms with Crippen LogP contribution in [0.2, 0.25) is 5.15 Å². The van der Waals surface area contributed by atoms with Crippen molar-refractivity contribution >= 4 is 27.9 Å². The Morgan fingerprint density at radius 1 is 1.60 bits per heavy atom. The van der Waals surface area contributed by atoms with Crippen LogP contribution >= 0.6 is 22.9 Å². The average Bonchev–Trinajstić information content (AvgIpc) is 2.75. The van der Waals surface area contributed by atoms with Gasteiger partial charge in [0.05, 0.1) is 12.4 Å². The topological polar surface area (TPSA) is 29.3 Å². The molecule has 1 N–H and O–H groups in total. The lowest BCUT2D eigenvalue weighted by Gasteiger charge is -2.02. The normalized spacial score (nSPS) is 11.3. The highest BCUT2D eigenvalue weighted by Gasteiger charge is 2.09. The zero-order valence-electron chi connectivity index (χ0n) is 8.04. The molecule has 0 aliphatic rings. The van der Waals surface area contributed by atoms with Gasteiger partial charge in [-0.3, -0.25) is 8.79 Å². The molecule has 6 heteroatoms. The monoisotopic (exact) mass is 247 g/mol. The van der Waals surface area contributed by atoms with Gasteiger partial charge in [0, 0.05) is 18.1 Å². The highest BCUT2D eigenvalue weighted by Crippen LogP contribution is 2.20. The van der Waals surface area contributed by atoms with Crippen molar-refractivity contribution in [1.82, 2.24) is 14.7 Å². The number of hydrogen-bond donors (Lipinski definition) is 1. The number of rotatable bonds is 5. The minimum absolute atomic E-state index is 0.291. The van der Waals surface area contributed by atoms with Gasteiger partial charge in [0.25, 0.3) is 0 Å². The summed E-state index contributed by atoms with van der Waals surface area (Å²) in [5.41, 5.74) is 0.937. The smallest absolute Gasteiger partial charge is 0.195 e. The van der Waals surface area contributed by atoms with Crippen molar-refractivity contribution in [2.45, 2.75) is 13.0 Å². The summed E-state index contributed by atoms with van der Waals surface area (Å²) in [7, 11) is 0. The first-order valence-corrected chi connectivity index (χ1v) is 5.95. The largest absolute Gasteiger partial charge is 0.311 e. The predicted molar refractivity (Wildman–Crippen MR) is 60.4 cm³/mol. The lowest BCUT2D eigenvalue weighted by molar-refractivity contribution is 0.458.